The number of hydrogen-bond acceptors (Lipinski definition) is 6. The lowest BCUT2D eigenvalue weighted by molar-refractivity contribution is 0.0915. The summed E-state index contributed by atoms with van der Waals surface area (Å²) in [6.45, 7) is 7.09. The zero-order valence-corrected chi connectivity index (χ0v) is 21.4. The van der Waals surface area contributed by atoms with Gasteiger partial charge in [-0.2, -0.15) is 5.10 Å². The maximum Gasteiger partial charge on any atom is 0.262 e. The highest BCUT2D eigenvalue weighted by atomic mass is 32.1. The predicted octanol–water partition coefficient (Wildman–Crippen LogP) is 4.76. The summed E-state index contributed by atoms with van der Waals surface area (Å²) in [5.41, 5.74) is 2.14. The number of nitrogens with one attached hydrogen (secondary N) is 3. The smallest absolute Gasteiger partial charge is 0.262 e. The van der Waals surface area contributed by atoms with Crippen LogP contribution in [0.5, 0.6) is 5.75 Å². The van der Waals surface area contributed by atoms with Crippen LogP contribution in [0, 0.1) is 0 Å². The van der Waals surface area contributed by atoms with Gasteiger partial charge in [-0.1, -0.05) is 24.3 Å². The highest BCUT2D eigenvalue weighted by molar-refractivity contribution is 7.20. The lowest BCUT2D eigenvalue weighted by Gasteiger charge is -2.30. The molecule has 2 aromatic heterocycles. The lowest BCUT2D eigenvalue weighted by atomic mass is 9.94. The molecule has 5 rings (SSSR count). The number of H-pyrrole nitrogens is 1. The summed E-state index contributed by atoms with van der Waals surface area (Å²) in [7, 11) is 1.62. The molecule has 0 bridgehead atoms. The molecule has 0 aliphatic carbocycles. The molecule has 0 unspecified atom stereocenters. The van der Waals surface area contributed by atoms with E-state index in [9.17, 15) is 9.59 Å². The Morgan fingerprint density at radius 1 is 1.08 bits per heavy atom. The molecule has 9 heteroatoms. The van der Waals surface area contributed by atoms with Gasteiger partial charge in [0.25, 0.3) is 11.8 Å². The van der Waals surface area contributed by atoms with Crippen molar-refractivity contribution in [1.82, 2.24) is 20.4 Å². The summed E-state index contributed by atoms with van der Waals surface area (Å²) in [6, 6.07) is 17.0. The van der Waals surface area contributed by atoms with Crippen molar-refractivity contribution < 1.29 is 14.3 Å². The van der Waals surface area contributed by atoms with Crippen LogP contribution in [0.4, 0.5) is 5.82 Å². The third-order valence-electron chi connectivity index (χ3n) is 6.52. The molecular weight excluding hydrogens is 474 g/mol. The van der Waals surface area contributed by atoms with Gasteiger partial charge >= 0.3 is 0 Å². The van der Waals surface area contributed by atoms with Crippen LogP contribution in [0.15, 0.2) is 54.6 Å². The van der Waals surface area contributed by atoms with E-state index in [1.165, 1.54) is 23.3 Å². The maximum atomic E-state index is 13.1. The number of ether oxygens (including phenoxy) is 1. The van der Waals surface area contributed by atoms with Crippen molar-refractivity contribution >= 4 is 39.2 Å². The largest absolute Gasteiger partial charge is 0.497 e. The molecule has 1 fully saturated rings. The van der Waals surface area contributed by atoms with Gasteiger partial charge in [-0.25, -0.2) is 0 Å². The summed E-state index contributed by atoms with van der Waals surface area (Å²) < 4.78 is 5.22. The highest BCUT2D eigenvalue weighted by Gasteiger charge is 2.25. The van der Waals surface area contributed by atoms with E-state index in [1.807, 2.05) is 62.4 Å². The first-order valence-electron chi connectivity index (χ1n) is 11.9. The van der Waals surface area contributed by atoms with E-state index in [0.29, 0.717) is 26.5 Å². The van der Waals surface area contributed by atoms with Crippen molar-refractivity contribution in [3.05, 3.63) is 76.2 Å². The van der Waals surface area contributed by atoms with Gasteiger partial charge < -0.3 is 15.4 Å². The minimum absolute atomic E-state index is 0.200. The van der Waals surface area contributed by atoms with Crippen LogP contribution in [0.1, 0.15) is 51.4 Å². The summed E-state index contributed by atoms with van der Waals surface area (Å²) >= 11 is 1.28. The van der Waals surface area contributed by atoms with Crippen LogP contribution in [0.25, 0.3) is 10.2 Å². The van der Waals surface area contributed by atoms with Gasteiger partial charge in [0.05, 0.1) is 22.9 Å². The molecule has 0 saturated carbocycles. The Labute approximate surface area is 213 Å². The van der Waals surface area contributed by atoms with Gasteiger partial charge in [-0.3, -0.25) is 19.6 Å². The average molecular weight is 504 g/mol. The summed E-state index contributed by atoms with van der Waals surface area (Å²) in [5, 5.41) is 13.9. The summed E-state index contributed by atoms with van der Waals surface area (Å²) in [5.74, 6) is 0.810. The molecule has 1 saturated heterocycles. The Morgan fingerprint density at radius 3 is 2.44 bits per heavy atom. The number of fused-ring (bicyclic) bond motifs is 1. The Bertz CT molecular complexity index is 1390. The van der Waals surface area contributed by atoms with Crippen LogP contribution < -0.4 is 15.4 Å². The van der Waals surface area contributed by atoms with Crippen molar-refractivity contribution in [3.63, 3.8) is 0 Å². The zero-order valence-electron chi connectivity index (χ0n) is 20.6. The number of methoxy groups -OCH3 is 1. The predicted molar refractivity (Wildman–Crippen MR) is 142 cm³/mol. The Hall–Kier alpha value is -3.69. The number of benzene rings is 2. The maximum absolute atomic E-state index is 13.1. The lowest BCUT2D eigenvalue weighted by Crippen LogP contribution is -2.40. The van der Waals surface area contributed by atoms with Gasteiger partial charge in [0.1, 0.15) is 16.4 Å². The van der Waals surface area contributed by atoms with E-state index in [2.05, 4.69) is 25.7 Å². The number of likely N-dealkylation sites (tertiary alicyclic amines) is 1. The molecule has 186 valence electrons. The van der Waals surface area contributed by atoms with Crippen molar-refractivity contribution in [2.75, 3.05) is 25.5 Å². The molecular formula is C27H29N5O3S. The third-order valence-corrected chi connectivity index (χ3v) is 7.55. The van der Waals surface area contributed by atoms with E-state index in [4.69, 9.17) is 4.74 Å². The number of aromatic amines is 1. The van der Waals surface area contributed by atoms with E-state index in [0.717, 1.165) is 30.9 Å². The first kappa shape index (κ1) is 24.0. The first-order valence-corrected chi connectivity index (χ1v) is 12.7. The van der Waals surface area contributed by atoms with E-state index in [-0.39, 0.29) is 11.8 Å². The monoisotopic (exact) mass is 503 g/mol. The number of nitrogens with zero attached hydrogens (tertiary/aromatic N) is 2. The number of aromatic nitrogens is 2. The van der Waals surface area contributed by atoms with Crippen LogP contribution >= 0.6 is 11.3 Å². The van der Waals surface area contributed by atoms with E-state index >= 15 is 0 Å². The molecule has 4 aromatic rings. The normalized spacial score (nSPS) is 13.9. The second kappa shape index (κ2) is 9.75. The molecule has 36 heavy (non-hydrogen) atoms. The molecule has 0 atom stereocenters. The SMILES string of the molecule is COc1ccc(C(C)(C)NC(=O)c2cc3c(NC(=O)c4ccc(CN5CCC5)cc4)[nH]nc3s2)cc1. The molecule has 3 N–H and O–H groups in total. The molecule has 2 amide bonds. The Balaban J connectivity index is 1.26. The molecule has 1 aliphatic rings. The van der Waals surface area contributed by atoms with E-state index < -0.39 is 5.54 Å². The average Bonchev–Trinajstić information content (AvgIpc) is 3.44. The Morgan fingerprint density at radius 2 is 1.81 bits per heavy atom. The van der Waals surface area contributed by atoms with Crippen molar-refractivity contribution in [2.24, 2.45) is 0 Å². The van der Waals surface area contributed by atoms with Gasteiger partial charge in [-0.15, -0.1) is 11.3 Å². The number of carbonyl (C=O) groups excluding carboxylic acids is 2. The zero-order chi connectivity index (χ0) is 25.3. The number of anilines is 1. The number of hydrogen-bond donors (Lipinski definition) is 3. The number of thiophene rings is 1. The first-order chi connectivity index (χ1) is 17.3. The molecule has 2 aromatic carbocycles. The standard InChI is InChI=1S/C27H29N5O3S/c1-27(2,19-9-11-20(35-3)12-10-19)29-25(34)22-15-21-23(30-31-26(21)36-22)28-24(33)18-7-5-17(6-8-18)16-32-13-4-14-32/h5-12,15H,4,13-14,16H2,1-3H3,(H,29,34)(H2,28,30,31,33). The van der Waals surface area contributed by atoms with Gasteiger partial charge in [0, 0.05) is 12.1 Å². The van der Waals surface area contributed by atoms with Crippen LogP contribution in [0.3, 0.4) is 0 Å². The fraction of sp³-hybridized carbons (Fsp3) is 0.296. The quantitative estimate of drug-likeness (QED) is 0.322. The van der Waals surface area contributed by atoms with Gasteiger partial charge in [0.2, 0.25) is 0 Å². The number of amides is 2. The second-order valence-electron chi connectivity index (χ2n) is 9.52. The fourth-order valence-electron chi connectivity index (χ4n) is 4.19. The highest BCUT2D eigenvalue weighted by Crippen LogP contribution is 2.31. The van der Waals surface area contributed by atoms with Crippen molar-refractivity contribution in [1.29, 1.82) is 0 Å². The van der Waals surface area contributed by atoms with Crippen LogP contribution in [0.2, 0.25) is 0 Å². The number of carbonyl (C=O) groups is 2. The third kappa shape index (κ3) is 4.98. The second-order valence-corrected chi connectivity index (χ2v) is 10.5. The summed E-state index contributed by atoms with van der Waals surface area (Å²) in [4.78, 5) is 29.4. The van der Waals surface area contributed by atoms with Crippen molar-refractivity contribution in [3.8, 4) is 5.75 Å². The van der Waals surface area contributed by atoms with Crippen molar-refractivity contribution in [2.45, 2.75) is 32.4 Å². The molecule has 0 radical (unpaired) electrons. The Kier molecular flexibility index (Phi) is 6.51. The molecule has 3 heterocycles. The van der Waals surface area contributed by atoms with Gasteiger partial charge in [0.15, 0.2) is 0 Å². The minimum atomic E-state index is -0.588. The van der Waals surface area contributed by atoms with Crippen LogP contribution in [-0.2, 0) is 12.1 Å². The minimum Gasteiger partial charge on any atom is -0.497 e. The van der Waals surface area contributed by atoms with Crippen LogP contribution in [-0.4, -0.2) is 47.1 Å². The molecule has 1 aliphatic heterocycles. The molecule has 8 nitrogen and oxygen atoms in total. The number of rotatable bonds is 8. The topological polar surface area (TPSA) is 99.4 Å². The van der Waals surface area contributed by atoms with E-state index in [1.54, 1.807) is 13.2 Å². The van der Waals surface area contributed by atoms with Gasteiger partial charge in [-0.05, 0) is 74.8 Å². The molecule has 0 spiro atoms. The fourth-order valence-corrected chi connectivity index (χ4v) is 5.08. The summed E-state index contributed by atoms with van der Waals surface area (Å²) in [6.07, 6.45) is 1.26.